The van der Waals surface area contributed by atoms with Crippen LogP contribution in [0.3, 0.4) is 0 Å². The van der Waals surface area contributed by atoms with E-state index in [1.54, 1.807) is 23.1 Å². The zero-order valence-corrected chi connectivity index (χ0v) is 21.2. The van der Waals surface area contributed by atoms with Crippen molar-refractivity contribution in [3.8, 4) is 23.0 Å². The van der Waals surface area contributed by atoms with Crippen LogP contribution in [0.15, 0.2) is 30.3 Å². The molecule has 3 fully saturated rings. The lowest BCUT2D eigenvalue weighted by Gasteiger charge is -2.39. The Bertz CT molecular complexity index is 1360. The van der Waals surface area contributed by atoms with E-state index < -0.39 is 18.7 Å². The highest BCUT2D eigenvalue weighted by molar-refractivity contribution is 7.54. The third-order valence-electron chi connectivity index (χ3n) is 7.20. The summed E-state index contributed by atoms with van der Waals surface area (Å²) in [7, 11) is -3.15. The van der Waals surface area contributed by atoms with Gasteiger partial charge in [-0.05, 0) is 18.2 Å². The number of nitrogens with zero attached hydrogens (tertiary/aromatic N) is 4. The maximum Gasteiger partial charge on any atom is 0.346 e. The second-order valence-corrected chi connectivity index (χ2v) is 12.0. The van der Waals surface area contributed by atoms with Crippen molar-refractivity contribution in [2.45, 2.75) is 18.6 Å². The van der Waals surface area contributed by atoms with Crippen molar-refractivity contribution in [2.24, 2.45) is 0 Å². The SMILES string of the molecule is O=C1c2cccc(Oc3cc4c(cc3[N+](=O)[O-])OCCC4OP(=O)(N3CC3)N3CC3)c2OCN1C1COC1. The molecule has 0 spiro atoms. The van der Waals surface area contributed by atoms with E-state index in [1.165, 1.54) is 12.1 Å². The summed E-state index contributed by atoms with van der Waals surface area (Å²) in [6.07, 6.45) is -0.149. The minimum atomic E-state index is -3.15. The van der Waals surface area contributed by atoms with Gasteiger partial charge < -0.3 is 18.9 Å². The van der Waals surface area contributed by atoms with E-state index in [1.807, 2.05) is 9.34 Å². The number of carbonyl (C=O) groups excluding carboxylic acids is 1. The smallest absolute Gasteiger partial charge is 0.346 e. The number of hydrogen-bond donors (Lipinski definition) is 0. The quantitative estimate of drug-likeness (QED) is 0.210. The van der Waals surface area contributed by atoms with Crippen molar-refractivity contribution in [3.63, 3.8) is 0 Å². The van der Waals surface area contributed by atoms with Gasteiger partial charge in [0.05, 0.1) is 48.5 Å². The Labute approximate surface area is 217 Å². The normalized spacial score (nSPS) is 23.0. The topological polar surface area (TPSA) is 133 Å². The van der Waals surface area contributed by atoms with Gasteiger partial charge in [0.15, 0.2) is 18.2 Å². The fraction of sp³-hybridized carbons (Fsp3) is 0.458. The number of nitro benzene ring substituents is 1. The predicted molar refractivity (Wildman–Crippen MR) is 131 cm³/mol. The lowest BCUT2D eigenvalue weighted by molar-refractivity contribution is -0.385. The van der Waals surface area contributed by atoms with Crippen molar-refractivity contribution in [3.05, 3.63) is 51.6 Å². The zero-order valence-electron chi connectivity index (χ0n) is 20.3. The first-order chi connectivity index (χ1) is 18.4. The molecule has 0 N–H and O–H groups in total. The maximum atomic E-state index is 13.6. The molecule has 0 saturated carbocycles. The van der Waals surface area contributed by atoms with E-state index in [-0.39, 0.29) is 48.2 Å². The largest absolute Gasteiger partial charge is 0.493 e. The van der Waals surface area contributed by atoms with E-state index in [4.69, 9.17) is 23.5 Å². The summed E-state index contributed by atoms with van der Waals surface area (Å²) >= 11 is 0. The molecule has 2 aromatic carbocycles. The highest BCUT2D eigenvalue weighted by Gasteiger charge is 2.51. The minimum absolute atomic E-state index is 0.0263. The number of para-hydroxylation sites is 1. The van der Waals surface area contributed by atoms with E-state index >= 15 is 0 Å². The molecule has 0 aliphatic carbocycles. The van der Waals surface area contributed by atoms with Gasteiger partial charge in [0.1, 0.15) is 5.75 Å². The average molecular weight is 544 g/mol. The summed E-state index contributed by atoms with van der Waals surface area (Å²) in [6.45, 7) is 4.05. The van der Waals surface area contributed by atoms with E-state index in [9.17, 15) is 19.5 Å². The van der Waals surface area contributed by atoms with Crippen LogP contribution in [-0.2, 0) is 13.8 Å². The molecule has 13 nitrogen and oxygen atoms in total. The fourth-order valence-corrected chi connectivity index (χ4v) is 7.20. The Morgan fingerprint density at radius 1 is 1.05 bits per heavy atom. The number of amides is 1. The second-order valence-electron chi connectivity index (χ2n) is 9.72. The molecule has 14 heteroatoms. The molecule has 5 heterocycles. The standard InChI is InChI=1S/C24H25N4O9P/c29-24-16-2-1-3-20(23(16)35-14-27(24)15-12-33-13-15)36-22-10-17-19(4-9-34-21(17)11-18(22)28(30)31)37-38(32,25-5-6-25)26-7-8-26/h1-3,10-11,15,19H,4-9,12-14H2. The Hall–Kier alpha value is -3.22. The van der Waals surface area contributed by atoms with Gasteiger partial charge >= 0.3 is 13.4 Å². The number of carbonyl (C=O) groups is 1. The van der Waals surface area contributed by atoms with Crippen molar-refractivity contribution in [1.29, 1.82) is 0 Å². The molecule has 7 rings (SSSR count). The maximum absolute atomic E-state index is 13.6. The highest BCUT2D eigenvalue weighted by Crippen LogP contribution is 2.64. The summed E-state index contributed by atoms with van der Waals surface area (Å²) in [4.78, 5) is 26.1. The Kier molecular flexibility index (Phi) is 5.60. The Morgan fingerprint density at radius 2 is 1.82 bits per heavy atom. The predicted octanol–water partition coefficient (Wildman–Crippen LogP) is 3.16. The first-order valence-electron chi connectivity index (χ1n) is 12.5. The molecule has 0 aromatic heterocycles. The minimum Gasteiger partial charge on any atom is -0.493 e. The molecule has 2 aromatic rings. The van der Waals surface area contributed by atoms with Crippen LogP contribution in [0.4, 0.5) is 5.69 Å². The molecule has 5 aliphatic rings. The van der Waals surface area contributed by atoms with Crippen molar-refractivity contribution < 1.29 is 37.8 Å². The second kappa shape index (κ2) is 8.92. The van der Waals surface area contributed by atoms with Gasteiger partial charge in [0.2, 0.25) is 5.75 Å². The number of benzene rings is 2. The van der Waals surface area contributed by atoms with E-state index in [0.29, 0.717) is 62.7 Å². The van der Waals surface area contributed by atoms with Crippen LogP contribution in [0.2, 0.25) is 0 Å². The average Bonchev–Trinajstić information content (AvgIpc) is 3.77. The molecular formula is C24H25N4O9P. The van der Waals surface area contributed by atoms with Crippen LogP contribution in [-0.4, -0.2) is 83.8 Å². The molecule has 5 aliphatic heterocycles. The van der Waals surface area contributed by atoms with Crippen LogP contribution >= 0.6 is 7.67 Å². The number of ether oxygens (including phenoxy) is 4. The van der Waals surface area contributed by atoms with Crippen LogP contribution in [0.25, 0.3) is 0 Å². The first-order valence-corrected chi connectivity index (χ1v) is 14.0. The highest BCUT2D eigenvalue weighted by atomic mass is 31.2. The molecule has 1 atom stereocenters. The third-order valence-corrected chi connectivity index (χ3v) is 9.96. The molecule has 3 saturated heterocycles. The van der Waals surface area contributed by atoms with Gasteiger partial charge in [-0.15, -0.1) is 0 Å². The van der Waals surface area contributed by atoms with Gasteiger partial charge in [-0.1, -0.05) is 6.07 Å². The summed E-state index contributed by atoms with van der Waals surface area (Å²) in [5.41, 5.74) is 0.528. The van der Waals surface area contributed by atoms with Crippen LogP contribution < -0.4 is 14.2 Å². The zero-order chi connectivity index (χ0) is 26.0. The summed E-state index contributed by atoms with van der Waals surface area (Å²) in [5, 5.41) is 12.0. The van der Waals surface area contributed by atoms with Crippen molar-refractivity contribution in [1.82, 2.24) is 14.2 Å². The lowest BCUT2D eigenvalue weighted by atomic mass is 10.0. The Morgan fingerprint density at radius 3 is 2.47 bits per heavy atom. The molecule has 38 heavy (non-hydrogen) atoms. The first kappa shape index (κ1) is 23.9. The van der Waals surface area contributed by atoms with E-state index in [2.05, 4.69) is 0 Å². The van der Waals surface area contributed by atoms with Gasteiger partial charge in [0, 0.05) is 38.2 Å². The number of nitro groups is 1. The van der Waals surface area contributed by atoms with Crippen LogP contribution in [0.5, 0.6) is 23.0 Å². The van der Waals surface area contributed by atoms with Crippen molar-refractivity contribution in [2.75, 3.05) is 52.7 Å². The summed E-state index contributed by atoms with van der Waals surface area (Å²) in [5.74, 6) is 0.422. The van der Waals surface area contributed by atoms with Gasteiger partial charge in [-0.2, -0.15) is 0 Å². The van der Waals surface area contributed by atoms with Crippen molar-refractivity contribution >= 4 is 19.3 Å². The fourth-order valence-electron chi connectivity index (χ4n) is 4.83. The van der Waals surface area contributed by atoms with Gasteiger partial charge in [-0.3, -0.25) is 28.9 Å². The van der Waals surface area contributed by atoms with E-state index in [0.717, 1.165) is 0 Å². The number of rotatable bonds is 8. The molecule has 0 radical (unpaired) electrons. The van der Waals surface area contributed by atoms with Gasteiger partial charge in [-0.25, -0.2) is 9.34 Å². The monoisotopic (exact) mass is 544 g/mol. The summed E-state index contributed by atoms with van der Waals surface area (Å²) in [6, 6.07) is 7.63. The van der Waals surface area contributed by atoms with Gasteiger partial charge in [0.25, 0.3) is 5.91 Å². The molecule has 1 unspecified atom stereocenters. The van der Waals surface area contributed by atoms with Crippen LogP contribution in [0, 0.1) is 10.1 Å². The Balaban J connectivity index is 1.22. The number of hydrogen-bond acceptors (Lipinski definition) is 9. The number of fused-ring (bicyclic) bond motifs is 2. The molecule has 1 amide bonds. The van der Waals surface area contributed by atoms with Crippen LogP contribution in [0.1, 0.15) is 28.4 Å². The third kappa shape index (κ3) is 4.02. The molecule has 200 valence electrons. The molecule has 0 bridgehead atoms. The summed E-state index contributed by atoms with van der Waals surface area (Å²) < 4.78 is 46.4. The lowest BCUT2D eigenvalue weighted by Crippen LogP contribution is -2.54. The molecular weight excluding hydrogens is 519 g/mol.